The number of nitrogens with one attached hydrogen (secondary N) is 1. The second-order valence-electron chi connectivity index (χ2n) is 3.39. The second-order valence-corrected chi connectivity index (χ2v) is 3.76. The van der Waals surface area contributed by atoms with Crippen molar-refractivity contribution >= 4 is 11.6 Å². The lowest BCUT2D eigenvalue weighted by molar-refractivity contribution is 0.399. The smallest absolute Gasteiger partial charge is 0.193 e. The highest BCUT2D eigenvalue weighted by atomic mass is 35.5. The molecule has 0 saturated heterocycles. The Balaban J connectivity index is 2.59. The molecular weight excluding hydrogens is 210 g/mol. The maximum atomic E-state index is 5.74. The normalized spacial score (nSPS) is 12.3. The number of terminal acetylenes is 1. The van der Waals surface area contributed by atoms with Gasteiger partial charge in [0.1, 0.15) is 5.76 Å². The Morgan fingerprint density at radius 2 is 2.40 bits per heavy atom. The van der Waals surface area contributed by atoms with Crippen LogP contribution in [0.25, 0.3) is 0 Å². The van der Waals surface area contributed by atoms with Gasteiger partial charge in [0.05, 0.1) is 6.04 Å². The molecule has 1 rings (SSSR count). The third kappa shape index (κ3) is 3.99. The topological polar surface area (TPSA) is 25.2 Å². The molecule has 82 valence electrons. The van der Waals surface area contributed by atoms with Gasteiger partial charge >= 0.3 is 0 Å². The van der Waals surface area contributed by atoms with Crippen LogP contribution < -0.4 is 5.32 Å². The maximum absolute atomic E-state index is 5.74. The summed E-state index contributed by atoms with van der Waals surface area (Å²) in [5.41, 5.74) is 0. The van der Waals surface area contributed by atoms with Crippen LogP contribution in [0.1, 0.15) is 38.0 Å². The van der Waals surface area contributed by atoms with Crippen molar-refractivity contribution in [2.45, 2.75) is 32.2 Å². The molecule has 0 aliphatic carbocycles. The van der Waals surface area contributed by atoms with Crippen LogP contribution >= 0.6 is 11.6 Å². The molecule has 1 aromatic heterocycles. The molecule has 0 radical (unpaired) electrons. The molecule has 0 saturated carbocycles. The van der Waals surface area contributed by atoms with Crippen molar-refractivity contribution in [3.05, 3.63) is 23.1 Å². The van der Waals surface area contributed by atoms with Crippen molar-refractivity contribution < 1.29 is 4.42 Å². The molecule has 0 aliphatic heterocycles. The summed E-state index contributed by atoms with van der Waals surface area (Å²) < 4.78 is 5.37. The molecule has 0 bridgehead atoms. The first-order chi connectivity index (χ1) is 7.27. The number of hydrogen-bond acceptors (Lipinski definition) is 2. The number of hydrogen-bond donors (Lipinski definition) is 1. The van der Waals surface area contributed by atoms with Gasteiger partial charge in [-0.05, 0) is 43.1 Å². The van der Waals surface area contributed by atoms with Crippen LogP contribution in [0.4, 0.5) is 0 Å². The zero-order valence-electron chi connectivity index (χ0n) is 8.92. The van der Waals surface area contributed by atoms with E-state index in [1.54, 1.807) is 6.07 Å². The van der Waals surface area contributed by atoms with E-state index in [9.17, 15) is 0 Å². The van der Waals surface area contributed by atoms with Crippen molar-refractivity contribution in [2.24, 2.45) is 0 Å². The van der Waals surface area contributed by atoms with Gasteiger partial charge in [-0.2, -0.15) is 0 Å². The predicted octanol–water partition coefficient (Wildman–Crippen LogP) is 3.39. The van der Waals surface area contributed by atoms with Crippen LogP contribution in [0, 0.1) is 12.3 Å². The Bertz CT molecular complexity index is 327. The number of furan rings is 1. The molecule has 1 N–H and O–H groups in total. The zero-order chi connectivity index (χ0) is 11.1. The molecule has 0 spiro atoms. The first-order valence-electron chi connectivity index (χ1n) is 5.20. The summed E-state index contributed by atoms with van der Waals surface area (Å²) in [6.45, 7) is 3.08. The van der Waals surface area contributed by atoms with E-state index in [0.717, 1.165) is 31.6 Å². The monoisotopic (exact) mass is 225 g/mol. The van der Waals surface area contributed by atoms with Crippen LogP contribution in [0.3, 0.4) is 0 Å². The van der Waals surface area contributed by atoms with E-state index in [2.05, 4.69) is 18.2 Å². The summed E-state index contributed by atoms with van der Waals surface area (Å²) in [7, 11) is 0. The molecule has 1 aromatic rings. The van der Waals surface area contributed by atoms with Crippen LogP contribution in [0.15, 0.2) is 16.5 Å². The van der Waals surface area contributed by atoms with Crippen LogP contribution in [-0.2, 0) is 0 Å². The average molecular weight is 226 g/mol. The Kier molecular flexibility index (Phi) is 5.31. The Labute approximate surface area is 96.0 Å². The van der Waals surface area contributed by atoms with Crippen molar-refractivity contribution in [1.29, 1.82) is 0 Å². The summed E-state index contributed by atoms with van der Waals surface area (Å²) in [5.74, 6) is 3.50. The van der Waals surface area contributed by atoms with Gasteiger partial charge < -0.3 is 9.73 Å². The summed E-state index contributed by atoms with van der Waals surface area (Å²) in [5, 5.41) is 3.81. The molecule has 3 heteroatoms. The summed E-state index contributed by atoms with van der Waals surface area (Å²) >= 11 is 5.74. The van der Waals surface area contributed by atoms with Crippen LogP contribution in [-0.4, -0.2) is 6.54 Å². The van der Waals surface area contributed by atoms with Gasteiger partial charge in [-0.25, -0.2) is 0 Å². The maximum Gasteiger partial charge on any atom is 0.193 e. The number of halogens is 1. The minimum Gasteiger partial charge on any atom is -0.448 e. The molecule has 2 nitrogen and oxygen atoms in total. The molecule has 15 heavy (non-hydrogen) atoms. The standard InChI is InChI=1S/C12H16ClNO/c1-3-5-6-10(14-9-4-2)11-7-8-12(13)15-11/h1,7-8,10,14H,4-6,9H2,2H3. The van der Waals surface area contributed by atoms with Crippen molar-refractivity contribution in [3.8, 4) is 12.3 Å². The molecule has 1 atom stereocenters. The zero-order valence-corrected chi connectivity index (χ0v) is 9.68. The van der Waals surface area contributed by atoms with Crippen molar-refractivity contribution in [2.75, 3.05) is 6.54 Å². The van der Waals surface area contributed by atoms with Crippen molar-refractivity contribution in [3.63, 3.8) is 0 Å². The SMILES string of the molecule is C#CCCC(NCCC)c1ccc(Cl)o1. The Morgan fingerprint density at radius 3 is 2.93 bits per heavy atom. The van der Waals surface area contributed by atoms with E-state index in [0.29, 0.717) is 5.22 Å². The highest BCUT2D eigenvalue weighted by molar-refractivity contribution is 6.28. The first-order valence-corrected chi connectivity index (χ1v) is 5.57. The van der Waals surface area contributed by atoms with Crippen molar-refractivity contribution in [1.82, 2.24) is 5.32 Å². The third-order valence-electron chi connectivity index (χ3n) is 2.16. The molecule has 0 aromatic carbocycles. The van der Waals surface area contributed by atoms with Gasteiger partial charge in [0.15, 0.2) is 5.22 Å². The second kappa shape index (κ2) is 6.55. The molecule has 0 aliphatic rings. The van der Waals surface area contributed by atoms with E-state index in [1.165, 1.54) is 0 Å². The minimum absolute atomic E-state index is 0.175. The largest absolute Gasteiger partial charge is 0.448 e. The van der Waals surface area contributed by atoms with E-state index in [4.69, 9.17) is 22.4 Å². The quantitative estimate of drug-likeness (QED) is 0.751. The summed E-state index contributed by atoms with van der Waals surface area (Å²) in [4.78, 5) is 0. The van der Waals surface area contributed by atoms with Gasteiger partial charge in [-0.3, -0.25) is 0 Å². The lowest BCUT2D eigenvalue weighted by Crippen LogP contribution is -2.21. The Morgan fingerprint density at radius 1 is 1.60 bits per heavy atom. The lowest BCUT2D eigenvalue weighted by atomic mass is 10.1. The van der Waals surface area contributed by atoms with Crippen LogP contribution in [0.5, 0.6) is 0 Å². The van der Waals surface area contributed by atoms with Gasteiger partial charge in [0.25, 0.3) is 0 Å². The fraction of sp³-hybridized carbons (Fsp3) is 0.500. The highest BCUT2D eigenvalue weighted by Crippen LogP contribution is 2.23. The van der Waals surface area contributed by atoms with E-state index in [-0.39, 0.29) is 6.04 Å². The molecule has 1 heterocycles. The Hall–Kier alpha value is -0.910. The summed E-state index contributed by atoms with van der Waals surface area (Å²) in [6.07, 6.45) is 7.95. The van der Waals surface area contributed by atoms with Gasteiger partial charge in [-0.1, -0.05) is 6.92 Å². The third-order valence-corrected chi connectivity index (χ3v) is 2.36. The number of rotatable bonds is 6. The molecule has 0 fully saturated rings. The molecular formula is C12H16ClNO. The minimum atomic E-state index is 0.175. The van der Waals surface area contributed by atoms with Gasteiger partial charge in [0.2, 0.25) is 0 Å². The van der Waals surface area contributed by atoms with Crippen LogP contribution in [0.2, 0.25) is 5.22 Å². The van der Waals surface area contributed by atoms with E-state index < -0.39 is 0 Å². The van der Waals surface area contributed by atoms with E-state index in [1.807, 2.05) is 6.07 Å². The highest BCUT2D eigenvalue weighted by Gasteiger charge is 2.13. The first kappa shape index (κ1) is 12.2. The molecule has 0 amide bonds. The van der Waals surface area contributed by atoms with Gasteiger partial charge in [0, 0.05) is 6.42 Å². The van der Waals surface area contributed by atoms with Gasteiger partial charge in [-0.15, -0.1) is 12.3 Å². The lowest BCUT2D eigenvalue weighted by Gasteiger charge is -2.14. The van der Waals surface area contributed by atoms with E-state index >= 15 is 0 Å². The fourth-order valence-corrected chi connectivity index (χ4v) is 1.56. The predicted molar refractivity (Wildman–Crippen MR) is 62.8 cm³/mol. The molecule has 1 unspecified atom stereocenters. The average Bonchev–Trinajstić information content (AvgIpc) is 2.65. The summed E-state index contributed by atoms with van der Waals surface area (Å²) in [6, 6.07) is 3.83. The fourth-order valence-electron chi connectivity index (χ4n) is 1.41.